The highest BCUT2D eigenvalue weighted by Crippen LogP contribution is 2.39. The molecule has 32 heavy (non-hydrogen) atoms. The van der Waals surface area contributed by atoms with Crippen LogP contribution in [0.5, 0.6) is 0 Å². The molecule has 2 saturated heterocycles. The fourth-order valence-corrected chi connectivity index (χ4v) is 5.72. The fourth-order valence-electron chi connectivity index (χ4n) is 5.72. The van der Waals surface area contributed by atoms with Crippen LogP contribution in [0.1, 0.15) is 48.3 Å². The first-order chi connectivity index (χ1) is 15.6. The molecule has 0 spiro atoms. The highest BCUT2D eigenvalue weighted by Gasteiger charge is 2.45. The molecule has 6 rings (SSSR count). The summed E-state index contributed by atoms with van der Waals surface area (Å²) in [4.78, 5) is 34.7. The molecule has 1 saturated carbocycles. The summed E-state index contributed by atoms with van der Waals surface area (Å²) in [6, 6.07) is 16.8. The van der Waals surface area contributed by atoms with Gasteiger partial charge in [-0.05, 0) is 68.9 Å². The first kappa shape index (κ1) is 19.5. The van der Waals surface area contributed by atoms with Crippen molar-refractivity contribution in [1.29, 1.82) is 0 Å². The highest BCUT2D eigenvalue weighted by atomic mass is 16.2. The van der Waals surface area contributed by atoms with Crippen molar-refractivity contribution < 1.29 is 9.59 Å². The van der Waals surface area contributed by atoms with Crippen LogP contribution in [-0.2, 0) is 4.79 Å². The van der Waals surface area contributed by atoms with Crippen molar-refractivity contribution in [2.45, 2.75) is 51.1 Å². The summed E-state index contributed by atoms with van der Waals surface area (Å²) in [5.74, 6) is 1.70. The quantitative estimate of drug-likeness (QED) is 0.635. The minimum atomic E-state index is 0.0761. The number of amides is 2. The SMILES string of the molecule is Cc1nc2cc(C(=O)N3CC[C@@H]4[C@@H](CCC(=O)N4C4CC4)C3)ccc2n1-c1ccccc1. The Labute approximate surface area is 187 Å². The maximum Gasteiger partial charge on any atom is 0.253 e. The molecule has 6 heteroatoms. The first-order valence-electron chi connectivity index (χ1n) is 11.7. The van der Waals surface area contributed by atoms with Gasteiger partial charge in [-0.1, -0.05) is 18.2 Å². The van der Waals surface area contributed by atoms with E-state index in [2.05, 4.69) is 21.6 Å². The van der Waals surface area contributed by atoms with Crippen LogP contribution in [0.15, 0.2) is 48.5 Å². The topological polar surface area (TPSA) is 58.4 Å². The molecule has 0 N–H and O–H groups in total. The summed E-state index contributed by atoms with van der Waals surface area (Å²) < 4.78 is 2.13. The molecular weight excluding hydrogens is 400 g/mol. The van der Waals surface area contributed by atoms with Gasteiger partial charge in [0.15, 0.2) is 0 Å². The average Bonchev–Trinajstić information content (AvgIpc) is 3.59. The van der Waals surface area contributed by atoms with Crippen LogP contribution in [0, 0.1) is 12.8 Å². The van der Waals surface area contributed by atoms with Crippen LogP contribution in [0.3, 0.4) is 0 Å². The van der Waals surface area contributed by atoms with E-state index in [1.807, 2.05) is 48.2 Å². The smallest absolute Gasteiger partial charge is 0.253 e. The molecule has 3 aromatic rings. The van der Waals surface area contributed by atoms with E-state index < -0.39 is 0 Å². The Hall–Kier alpha value is -3.15. The third kappa shape index (κ3) is 3.20. The van der Waals surface area contributed by atoms with Gasteiger partial charge in [-0.15, -0.1) is 0 Å². The van der Waals surface area contributed by atoms with Gasteiger partial charge in [0, 0.05) is 42.8 Å². The lowest BCUT2D eigenvalue weighted by Gasteiger charge is -2.47. The molecule has 2 aliphatic heterocycles. The standard InChI is InChI=1S/C26H28N4O2/c1-17-27-22-15-18(7-11-24(22)29(17)20-5-3-2-4-6-20)26(32)28-14-13-23-19(16-28)8-12-25(31)30(23)21-9-10-21/h2-7,11,15,19,21,23H,8-10,12-14,16H2,1H3/t19-,23+/m0/s1. The van der Waals surface area contributed by atoms with Crippen LogP contribution < -0.4 is 0 Å². The van der Waals surface area contributed by atoms with Gasteiger partial charge in [0.25, 0.3) is 5.91 Å². The number of para-hydroxylation sites is 1. The van der Waals surface area contributed by atoms with Gasteiger partial charge in [-0.2, -0.15) is 0 Å². The van der Waals surface area contributed by atoms with E-state index in [9.17, 15) is 9.59 Å². The Kier molecular flexibility index (Phi) is 4.56. The molecule has 0 unspecified atom stereocenters. The van der Waals surface area contributed by atoms with Crippen LogP contribution in [0.2, 0.25) is 0 Å². The minimum absolute atomic E-state index is 0.0761. The van der Waals surface area contributed by atoms with Crippen LogP contribution in [-0.4, -0.2) is 56.3 Å². The predicted octanol–water partition coefficient (Wildman–Crippen LogP) is 3.95. The van der Waals surface area contributed by atoms with Crippen molar-refractivity contribution in [3.05, 3.63) is 59.9 Å². The monoisotopic (exact) mass is 428 g/mol. The average molecular weight is 429 g/mol. The predicted molar refractivity (Wildman–Crippen MR) is 123 cm³/mol. The second-order valence-electron chi connectivity index (χ2n) is 9.47. The van der Waals surface area contributed by atoms with Crippen molar-refractivity contribution >= 4 is 22.8 Å². The van der Waals surface area contributed by atoms with Crippen molar-refractivity contribution in [2.24, 2.45) is 5.92 Å². The summed E-state index contributed by atoms with van der Waals surface area (Å²) >= 11 is 0. The number of fused-ring (bicyclic) bond motifs is 2. The second kappa shape index (κ2) is 7.47. The van der Waals surface area contributed by atoms with Gasteiger partial charge in [0.1, 0.15) is 5.82 Å². The van der Waals surface area contributed by atoms with E-state index in [1.165, 1.54) is 0 Å². The third-order valence-corrected chi connectivity index (χ3v) is 7.38. The van der Waals surface area contributed by atoms with Gasteiger partial charge in [-0.3, -0.25) is 14.2 Å². The Morgan fingerprint density at radius 2 is 1.84 bits per heavy atom. The van der Waals surface area contributed by atoms with Gasteiger partial charge >= 0.3 is 0 Å². The molecule has 3 heterocycles. The molecule has 1 aliphatic carbocycles. The molecule has 0 bridgehead atoms. The summed E-state index contributed by atoms with van der Waals surface area (Å²) in [7, 11) is 0. The van der Waals surface area contributed by atoms with E-state index >= 15 is 0 Å². The summed E-state index contributed by atoms with van der Waals surface area (Å²) in [5, 5.41) is 0. The number of nitrogens with zero attached hydrogens (tertiary/aromatic N) is 4. The number of carbonyl (C=O) groups excluding carboxylic acids is 2. The van der Waals surface area contributed by atoms with Crippen LogP contribution >= 0.6 is 0 Å². The first-order valence-corrected chi connectivity index (χ1v) is 11.7. The molecule has 2 aromatic carbocycles. The van der Waals surface area contributed by atoms with E-state index in [4.69, 9.17) is 4.98 Å². The molecular formula is C26H28N4O2. The summed E-state index contributed by atoms with van der Waals surface area (Å²) in [5.41, 5.74) is 3.62. The van der Waals surface area contributed by atoms with Crippen molar-refractivity contribution in [3.63, 3.8) is 0 Å². The number of aromatic nitrogens is 2. The Morgan fingerprint density at radius 3 is 2.62 bits per heavy atom. The number of hydrogen-bond donors (Lipinski definition) is 0. The maximum atomic E-state index is 13.4. The van der Waals surface area contributed by atoms with Gasteiger partial charge in [0.2, 0.25) is 5.91 Å². The van der Waals surface area contributed by atoms with Crippen molar-refractivity contribution in [2.75, 3.05) is 13.1 Å². The lowest BCUT2D eigenvalue weighted by atomic mass is 9.83. The van der Waals surface area contributed by atoms with Gasteiger partial charge < -0.3 is 9.80 Å². The normalized spacial score (nSPS) is 23.5. The maximum absolute atomic E-state index is 13.4. The number of piperidine rings is 2. The number of rotatable bonds is 3. The number of aryl methyl sites for hydroxylation is 1. The Morgan fingerprint density at radius 1 is 1.03 bits per heavy atom. The summed E-state index contributed by atoms with van der Waals surface area (Å²) in [6.45, 7) is 3.46. The highest BCUT2D eigenvalue weighted by molar-refractivity contribution is 5.97. The fraction of sp³-hybridized carbons (Fsp3) is 0.423. The molecule has 0 radical (unpaired) electrons. The Balaban J connectivity index is 1.24. The van der Waals surface area contributed by atoms with Crippen molar-refractivity contribution in [3.8, 4) is 5.69 Å². The zero-order valence-corrected chi connectivity index (χ0v) is 18.4. The molecule has 2 atom stereocenters. The number of benzene rings is 2. The van der Waals surface area contributed by atoms with Gasteiger partial charge in [0.05, 0.1) is 11.0 Å². The largest absolute Gasteiger partial charge is 0.338 e. The minimum Gasteiger partial charge on any atom is -0.338 e. The van der Waals surface area contributed by atoms with E-state index in [0.717, 1.165) is 54.8 Å². The molecule has 1 aromatic heterocycles. The van der Waals surface area contributed by atoms with E-state index in [-0.39, 0.29) is 5.91 Å². The van der Waals surface area contributed by atoms with Crippen LogP contribution in [0.25, 0.3) is 16.7 Å². The Bertz CT molecular complexity index is 1200. The number of imidazole rings is 1. The number of likely N-dealkylation sites (tertiary alicyclic amines) is 2. The van der Waals surface area contributed by atoms with Crippen LogP contribution in [0.4, 0.5) is 0 Å². The second-order valence-corrected chi connectivity index (χ2v) is 9.47. The summed E-state index contributed by atoms with van der Waals surface area (Å²) in [6.07, 6.45) is 4.71. The zero-order valence-electron chi connectivity index (χ0n) is 18.4. The van der Waals surface area contributed by atoms with E-state index in [1.54, 1.807) is 0 Å². The number of carbonyl (C=O) groups is 2. The molecule has 3 fully saturated rings. The molecule has 2 amide bonds. The molecule has 3 aliphatic rings. The molecule has 164 valence electrons. The molecule has 6 nitrogen and oxygen atoms in total. The van der Waals surface area contributed by atoms with Gasteiger partial charge in [-0.25, -0.2) is 4.98 Å². The van der Waals surface area contributed by atoms with Crippen molar-refractivity contribution in [1.82, 2.24) is 19.4 Å². The zero-order chi connectivity index (χ0) is 21.8. The lowest BCUT2D eigenvalue weighted by molar-refractivity contribution is -0.141. The van der Waals surface area contributed by atoms with E-state index in [0.29, 0.717) is 42.4 Å². The third-order valence-electron chi connectivity index (χ3n) is 7.38. The lowest BCUT2D eigenvalue weighted by Crippen LogP contribution is -2.57. The number of hydrogen-bond acceptors (Lipinski definition) is 3.